The van der Waals surface area contributed by atoms with Gasteiger partial charge in [0.05, 0.1) is 16.6 Å². The Hall–Kier alpha value is -0.380. The molecule has 0 heterocycles. The average molecular weight is 353 g/mol. The number of alkyl halides is 1. The van der Waals surface area contributed by atoms with E-state index in [-0.39, 0.29) is 22.5 Å². The Labute approximate surface area is 149 Å². The first-order valence-electron chi connectivity index (χ1n) is 9.39. The van der Waals surface area contributed by atoms with Crippen molar-refractivity contribution in [2.75, 3.05) is 0 Å². The maximum Gasteiger partial charge on any atom is 0.155 e. The van der Waals surface area contributed by atoms with Gasteiger partial charge in [0.25, 0.3) is 0 Å². The van der Waals surface area contributed by atoms with Crippen LogP contribution in [0.25, 0.3) is 0 Å². The Morgan fingerprint density at radius 2 is 1.83 bits per heavy atom. The molecule has 7 atom stereocenters. The van der Waals surface area contributed by atoms with Crippen LogP contribution in [0.1, 0.15) is 65.7 Å². The highest BCUT2D eigenvalue weighted by Crippen LogP contribution is 2.70. The van der Waals surface area contributed by atoms with Gasteiger partial charge in [0.2, 0.25) is 0 Å². The second-order valence-electron chi connectivity index (χ2n) is 9.44. The second-order valence-corrected chi connectivity index (χ2v) is 10.1. The van der Waals surface area contributed by atoms with E-state index < -0.39 is 16.6 Å². The summed E-state index contributed by atoms with van der Waals surface area (Å²) in [6.07, 6.45) is 6.50. The van der Waals surface area contributed by atoms with Gasteiger partial charge in [-0.1, -0.05) is 19.4 Å². The maximum absolute atomic E-state index is 11.9. The van der Waals surface area contributed by atoms with E-state index in [1.807, 2.05) is 6.92 Å². The van der Waals surface area contributed by atoms with Gasteiger partial charge in [-0.3, -0.25) is 4.79 Å². The van der Waals surface area contributed by atoms with Crippen LogP contribution in [0.4, 0.5) is 0 Å². The molecule has 0 saturated heterocycles. The lowest BCUT2D eigenvalue weighted by Gasteiger charge is -2.64. The highest BCUT2D eigenvalue weighted by Gasteiger charge is 2.71. The third-order valence-electron chi connectivity index (χ3n) is 8.60. The summed E-state index contributed by atoms with van der Waals surface area (Å²) in [5, 5.41) is 22.2. The Bertz CT molecular complexity index is 626. The van der Waals surface area contributed by atoms with Crippen molar-refractivity contribution in [1.29, 1.82) is 0 Å². The van der Waals surface area contributed by atoms with Gasteiger partial charge in [-0.25, -0.2) is 0 Å². The molecule has 0 aromatic heterocycles. The van der Waals surface area contributed by atoms with Crippen LogP contribution in [0.5, 0.6) is 0 Å². The van der Waals surface area contributed by atoms with Crippen molar-refractivity contribution in [1.82, 2.24) is 0 Å². The Balaban J connectivity index is 1.82. The van der Waals surface area contributed by atoms with Crippen molar-refractivity contribution in [2.24, 2.45) is 22.7 Å². The highest BCUT2D eigenvalue weighted by molar-refractivity contribution is 6.26. The van der Waals surface area contributed by atoms with Gasteiger partial charge < -0.3 is 10.2 Å². The Kier molecular flexibility index (Phi) is 3.46. The van der Waals surface area contributed by atoms with E-state index in [0.717, 1.165) is 37.7 Å². The van der Waals surface area contributed by atoms with Crippen molar-refractivity contribution in [2.45, 2.75) is 82.3 Å². The number of hydrogen-bond donors (Lipinski definition) is 2. The van der Waals surface area contributed by atoms with Gasteiger partial charge in [-0.2, -0.15) is 0 Å². The fourth-order valence-corrected chi connectivity index (χ4v) is 7.35. The number of aliphatic hydroxyl groups excluding tert-OH is 1. The molecule has 4 aliphatic rings. The molecule has 4 aliphatic carbocycles. The normalized spacial score (nSPS) is 57.0. The zero-order valence-corrected chi connectivity index (χ0v) is 15.7. The first-order valence-corrected chi connectivity index (χ1v) is 9.77. The lowest BCUT2D eigenvalue weighted by atomic mass is 9.45. The van der Waals surface area contributed by atoms with Gasteiger partial charge in [-0.15, -0.1) is 11.6 Å². The molecule has 5 unspecified atom stereocenters. The molecule has 4 heteroatoms. The summed E-state index contributed by atoms with van der Waals surface area (Å²) in [6, 6.07) is 0. The third-order valence-corrected chi connectivity index (χ3v) is 9.55. The van der Waals surface area contributed by atoms with Crippen LogP contribution >= 0.6 is 11.6 Å². The molecule has 0 aromatic carbocycles. The van der Waals surface area contributed by atoms with Crippen molar-refractivity contribution < 1.29 is 15.0 Å². The maximum atomic E-state index is 11.9. The Morgan fingerprint density at radius 1 is 1.12 bits per heavy atom. The smallest absolute Gasteiger partial charge is 0.155 e. The second kappa shape index (κ2) is 4.86. The molecule has 2 N–H and O–H groups in total. The molecule has 0 radical (unpaired) electrons. The van der Waals surface area contributed by atoms with Crippen molar-refractivity contribution in [3.63, 3.8) is 0 Å². The predicted molar refractivity (Wildman–Crippen MR) is 93.8 cm³/mol. The van der Waals surface area contributed by atoms with Gasteiger partial charge in [-0.05, 0) is 63.4 Å². The molecule has 0 bridgehead atoms. The first kappa shape index (κ1) is 17.1. The molecule has 4 rings (SSSR count). The molecule has 0 spiro atoms. The van der Waals surface area contributed by atoms with Crippen LogP contribution in [0.15, 0.2) is 11.6 Å². The number of ketones is 1. The minimum Gasteiger partial charge on any atom is -0.391 e. The summed E-state index contributed by atoms with van der Waals surface area (Å²) in [4.78, 5) is 11.2. The first-order chi connectivity index (χ1) is 11.1. The van der Waals surface area contributed by atoms with Gasteiger partial charge in [0, 0.05) is 17.3 Å². The average Bonchev–Trinajstić information content (AvgIpc) is 2.72. The molecule has 24 heavy (non-hydrogen) atoms. The summed E-state index contributed by atoms with van der Waals surface area (Å²) in [6.45, 7) is 6.22. The quantitative estimate of drug-likeness (QED) is 0.655. The highest BCUT2D eigenvalue weighted by atomic mass is 35.5. The molecule has 3 fully saturated rings. The summed E-state index contributed by atoms with van der Waals surface area (Å²) < 4.78 is 0. The van der Waals surface area contributed by atoms with Crippen LogP contribution in [-0.2, 0) is 4.79 Å². The monoisotopic (exact) mass is 352 g/mol. The molecule has 134 valence electrons. The largest absolute Gasteiger partial charge is 0.391 e. The fraction of sp³-hybridized carbons (Fsp3) is 0.850. The van der Waals surface area contributed by atoms with Crippen molar-refractivity contribution >= 4 is 17.4 Å². The summed E-state index contributed by atoms with van der Waals surface area (Å²) >= 11 is 7.33. The van der Waals surface area contributed by atoms with Crippen LogP contribution in [-0.4, -0.2) is 32.6 Å². The standard InChI is InChI=1S/C20H29ClO3/c1-17-8-6-13(22)10-12(17)4-5-15-14-7-9-19(3,24)18(14,2)11-16(23)20(15,17)21/h10,14-16,23-24H,4-9,11H2,1-3H3/t14?,15?,16?,17?,18?,19-,20-/m0/s1. The summed E-state index contributed by atoms with van der Waals surface area (Å²) in [5.41, 5.74) is -0.202. The number of carbonyl (C=O) groups is 1. The van der Waals surface area contributed by atoms with Gasteiger partial charge in [0.15, 0.2) is 5.78 Å². The topological polar surface area (TPSA) is 57.5 Å². The summed E-state index contributed by atoms with van der Waals surface area (Å²) in [5.74, 6) is 0.724. The number of fused-ring (bicyclic) bond motifs is 5. The zero-order chi connectivity index (χ0) is 17.5. The minimum atomic E-state index is -0.740. The SMILES string of the molecule is CC12CCC(=O)C=C1CCC1C3CC[C@](C)(O)C3(C)CC(O)[C@@]12Cl. The van der Waals surface area contributed by atoms with Gasteiger partial charge in [0.1, 0.15) is 0 Å². The number of allylic oxidation sites excluding steroid dienone is 1. The van der Waals surface area contributed by atoms with Gasteiger partial charge >= 0.3 is 0 Å². The number of rotatable bonds is 0. The number of halogens is 1. The lowest BCUT2D eigenvalue weighted by molar-refractivity contribution is -0.154. The molecule has 0 aromatic rings. The molecular formula is C20H29ClO3. The Morgan fingerprint density at radius 3 is 2.54 bits per heavy atom. The van der Waals surface area contributed by atoms with E-state index in [1.165, 1.54) is 0 Å². The fourth-order valence-electron chi connectivity index (χ4n) is 6.79. The van der Waals surface area contributed by atoms with E-state index in [0.29, 0.717) is 18.8 Å². The molecule has 3 saturated carbocycles. The zero-order valence-electron chi connectivity index (χ0n) is 14.9. The number of aliphatic hydroxyl groups is 2. The van der Waals surface area contributed by atoms with E-state index in [4.69, 9.17) is 11.6 Å². The molecule has 0 aliphatic heterocycles. The van der Waals surface area contributed by atoms with Crippen LogP contribution in [0, 0.1) is 22.7 Å². The molecule has 0 amide bonds. The van der Waals surface area contributed by atoms with Crippen LogP contribution in [0.3, 0.4) is 0 Å². The lowest BCUT2D eigenvalue weighted by Crippen LogP contribution is -2.67. The van der Waals surface area contributed by atoms with Crippen molar-refractivity contribution in [3.05, 3.63) is 11.6 Å². The van der Waals surface area contributed by atoms with Crippen molar-refractivity contribution in [3.8, 4) is 0 Å². The van der Waals surface area contributed by atoms with E-state index in [2.05, 4.69) is 13.8 Å². The molecule has 3 nitrogen and oxygen atoms in total. The van der Waals surface area contributed by atoms with Crippen LogP contribution in [0.2, 0.25) is 0 Å². The van der Waals surface area contributed by atoms with E-state index >= 15 is 0 Å². The minimum absolute atomic E-state index is 0.192. The van der Waals surface area contributed by atoms with E-state index in [1.54, 1.807) is 6.08 Å². The van der Waals surface area contributed by atoms with E-state index in [9.17, 15) is 15.0 Å². The number of carbonyl (C=O) groups excluding carboxylic acids is 1. The molecular weight excluding hydrogens is 324 g/mol. The summed E-state index contributed by atoms with van der Waals surface area (Å²) in [7, 11) is 0. The third kappa shape index (κ3) is 1.79. The van der Waals surface area contributed by atoms with Crippen LogP contribution < -0.4 is 0 Å². The predicted octanol–water partition coefficient (Wildman–Crippen LogP) is 3.60. The number of hydrogen-bond acceptors (Lipinski definition) is 3.